The second kappa shape index (κ2) is 5.49. The van der Waals surface area contributed by atoms with Crippen LogP contribution in [0.5, 0.6) is 11.6 Å². The standard InChI is InChI=1S/C16H21N3O/c1-11-10-14(19-15(17-5)18-11)20-13-9-7-6-8-12(13)16(2,3)4/h6-10H,1-5H3,(H,17,18,19). The highest BCUT2D eigenvalue weighted by Gasteiger charge is 2.19. The monoisotopic (exact) mass is 271 g/mol. The largest absolute Gasteiger partial charge is 0.439 e. The lowest BCUT2D eigenvalue weighted by molar-refractivity contribution is 0.439. The zero-order chi connectivity index (χ0) is 14.8. The molecule has 20 heavy (non-hydrogen) atoms. The van der Waals surface area contributed by atoms with Crippen molar-refractivity contribution in [2.24, 2.45) is 0 Å². The molecular formula is C16H21N3O. The maximum absolute atomic E-state index is 5.97. The summed E-state index contributed by atoms with van der Waals surface area (Å²) in [6.07, 6.45) is 0. The van der Waals surface area contributed by atoms with Gasteiger partial charge in [0.1, 0.15) is 5.75 Å². The van der Waals surface area contributed by atoms with Crippen molar-refractivity contribution in [2.45, 2.75) is 33.1 Å². The maximum atomic E-state index is 5.97. The number of aromatic nitrogens is 2. The molecule has 0 spiro atoms. The van der Waals surface area contributed by atoms with Gasteiger partial charge in [0.2, 0.25) is 11.8 Å². The van der Waals surface area contributed by atoms with Crippen LogP contribution >= 0.6 is 0 Å². The average Bonchev–Trinajstić information content (AvgIpc) is 2.37. The molecule has 0 aliphatic rings. The highest BCUT2D eigenvalue weighted by atomic mass is 16.5. The molecule has 0 radical (unpaired) electrons. The number of ether oxygens (including phenoxy) is 1. The van der Waals surface area contributed by atoms with Crippen molar-refractivity contribution >= 4 is 5.95 Å². The van der Waals surface area contributed by atoms with Crippen LogP contribution in [0.3, 0.4) is 0 Å². The number of aryl methyl sites for hydroxylation is 1. The van der Waals surface area contributed by atoms with E-state index in [4.69, 9.17) is 4.74 Å². The topological polar surface area (TPSA) is 47.0 Å². The minimum atomic E-state index is 0.0184. The summed E-state index contributed by atoms with van der Waals surface area (Å²) in [4.78, 5) is 8.59. The van der Waals surface area contributed by atoms with Gasteiger partial charge in [-0.1, -0.05) is 39.0 Å². The summed E-state index contributed by atoms with van der Waals surface area (Å²) in [7, 11) is 1.79. The molecule has 0 saturated heterocycles. The van der Waals surface area contributed by atoms with E-state index >= 15 is 0 Å². The molecule has 1 aromatic heterocycles. The van der Waals surface area contributed by atoms with Crippen LogP contribution in [0.2, 0.25) is 0 Å². The van der Waals surface area contributed by atoms with Crippen LogP contribution in [0.15, 0.2) is 30.3 Å². The molecule has 0 saturated carbocycles. The van der Waals surface area contributed by atoms with Crippen LogP contribution in [-0.4, -0.2) is 17.0 Å². The molecule has 1 heterocycles. The predicted octanol–water partition coefficient (Wildman–Crippen LogP) is 3.92. The van der Waals surface area contributed by atoms with Gasteiger partial charge in [0.05, 0.1) is 0 Å². The van der Waals surface area contributed by atoms with Crippen LogP contribution in [0.1, 0.15) is 32.0 Å². The van der Waals surface area contributed by atoms with E-state index in [1.165, 1.54) is 0 Å². The smallest absolute Gasteiger partial charge is 0.225 e. The van der Waals surface area contributed by atoms with Crippen LogP contribution in [0.25, 0.3) is 0 Å². The lowest BCUT2D eigenvalue weighted by Gasteiger charge is -2.22. The Hall–Kier alpha value is -2.10. The summed E-state index contributed by atoms with van der Waals surface area (Å²) in [5.74, 6) is 1.95. The molecule has 4 nitrogen and oxygen atoms in total. The molecule has 1 aromatic carbocycles. The average molecular weight is 271 g/mol. The Labute approximate surface area is 120 Å². The van der Waals surface area contributed by atoms with Gasteiger partial charge in [0, 0.05) is 24.4 Å². The molecule has 2 rings (SSSR count). The number of hydrogen-bond acceptors (Lipinski definition) is 4. The van der Waals surface area contributed by atoms with Gasteiger partial charge in [-0.05, 0) is 18.4 Å². The number of nitrogens with one attached hydrogen (secondary N) is 1. The second-order valence-corrected chi connectivity index (χ2v) is 5.77. The number of para-hydroxylation sites is 1. The summed E-state index contributed by atoms with van der Waals surface area (Å²) in [6, 6.07) is 9.88. The Morgan fingerprint density at radius 1 is 1.10 bits per heavy atom. The van der Waals surface area contributed by atoms with Crippen LogP contribution in [0.4, 0.5) is 5.95 Å². The fourth-order valence-electron chi connectivity index (χ4n) is 1.99. The molecule has 0 atom stereocenters. The van der Waals surface area contributed by atoms with Crippen molar-refractivity contribution < 1.29 is 4.74 Å². The zero-order valence-corrected chi connectivity index (χ0v) is 12.7. The summed E-state index contributed by atoms with van der Waals surface area (Å²) in [6.45, 7) is 8.42. The molecule has 2 aromatic rings. The van der Waals surface area contributed by atoms with E-state index in [1.807, 2.05) is 31.2 Å². The molecule has 106 valence electrons. The third-order valence-electron chi connectivity index (χ3n) is 2.96. The first-order valence-corrected chi connectivity index (χ1v) is 6.71. The van der Waals surface area contributed by atoms with Crippen LogP contribution in [-0.2, 0) is 5.41 Å². The van der Waals surface area contributed by atoms with E-state index < -0.39 is 0 Å². The van der Waals surface area contributed by atoms with Gasteiger partial charge >= 0.3 is 0 Å². The van der Waals surface area contributed by atoms with E-state index in [2.05, 4.69) is 42.1 Å². The van der Waals surface area contributed by atoms with Crippen molar-refractivity contribution in [3.63, 3.8) is 0 Å². The molecule has 0 amide bonds. The molecule has 4 heteroatoms. The number of anilines is 1. The number of benzene rings is 1. The maximum Gasteiger partial charge on any atom is 0.225 e. The minimum Gasteiger partial charge on any atom is -0.439 e. The number of hydrogen-bond donors (Lipinski definition) is 1. The lowest BCUT2D eigenvalue weighted by Crippen LogP contribution is -2.12. The lowest BCUT2D eigenvalue weighted by atomic mass is 9.86. The number of rotatable bonds is 3. The SMILES string of the molecule is CNc1nc(C)cc(Oc2ccccc2C(C)(C)C)n1. The Balaban J connectivity index is 2.38. The van der Waals surface area contributed by atoms with Crippen LogP contribution < -0.4 is 10.1 Å². The van der Waals surface area contributed by atoms with Crippen molar-refractivity contribution in [1.29, 1.82) is 0 Å². The first kappa shape index (κ1) is 14.3. The van der Waals surface area contributed by atoms with E-state index in [0.29, 0.717) is 11.8 Å². The molecule has 0 bridgehead atoms. The molecule has 0 aliphatic carbocycles. The minimum absolute atomic E-state index is 0.0184. The summed E-state index contributed by atoms with van der Waals surface area (Å²) >= 11 is 0. The van der Waals surface area contributed by atoms with Gasteiger partial charge in [0.25, 0.3) is 0 Å². The van der Waals surface area contributed by atoms with E-state index in [0.717, 1.165) is 17.0 Å². The van der Waals surface area contributed by atoms with Crippen molar-refractivity contribution in [3.8, 4) is 11.6 Å². The third-order valence-corrected chi connectivity index (χ3v) is 2.96. The third kappa shape index (κ3) is 3.26. The Morgan fingerprint density at radius 3 is 2.45 bits per heavy atom. The first-order valence-electron chi connectivity index (χ1n) is 6.71. The first-order chi connectivity index (χ1) is 9.40. The van der Waals surface area contributed by atoms with Crippen molar-refractivity contribution in [2.75, 3.05) is 12.4 Å². The van der Waals surface area contributed by atoms with E-state index in [1.54, 1.807) is 7.05 Å². The second-order valence-electron chi connectivity index (χ2n) is 5.77. The fraction of sp³-hybridized carbons (Fsp3) is 0.375. The van der Waals surface area contributed by atoms with Crippen molar-refractivity contribution in [1.82, 2.24) is 9.97 Å². The normalized spacial score (nSPS) is 11.2. The van der Waals surface area contributed by atoms with Gasteiger partial charge in [-0.25, -0.2) is 4.98 Å². The zero-order valence-electron chi connectivity index (χ0n) is 12.7. The quantitative estimate of drug-likeness (QED) is 0.919. The highest BCUT2D eigenvalue weighted by molar-refractivity contribution is 5.41. The molecule has 1 N–H and O–H groups in total. The predicted molar refractivity (Wildman–Crippen MR) is 81.5 cm³/mol. The van der Waals surface area contributed by atoms with Gasteiger partial charge in [-0.15, -0.1) is 0 Å². The summed E-state index contributed by atoms with van der Waals surface area (Å²) in [5, 5.41) is 2.94. The number of nitrogens with zero attached hydrogens (tertiary/aromatic N) is 2. The van der Waals surface area contributed by atoms with Gasteiger partial charge in [0.15, 0.2) is 0 Å². The van der Waals surface area contributed by atoms with Crippen LogP contribution in [0, 0.1) is 6.92 Å². The molecule has 0 fully saturated rings. The Kier molecular flexibility index (Phi) is 3.93. The van der Waals surface area contributed by atoms with Gasteiger partial charge in [-0.2, -0.15) is 4.98 Å². The molecular weight excluding hydrogens is 250 g/mol. The highest BCUT2D eigenvalue weighted by Crippen LogP contribution is 2.33. The summed E-state index contributed by atoms with van der Waals surface area (Å²) in [5.41, 5.74) is 2.04. The summed E-state index contributed by atoms with van der Waals surface area (Å²) < 4.78 is 5.97. The fourth-order valence-corrected chi connectivity index (χ4v) is 1.99. The van der Waals surface area contributed by atoms with Gasteiger partial charge < -0.3 is 10.1 Å². The molecule has 0 unspecified atom stereocenters. The van der Waals surface area contributed by atoms with E-state index in [-0.39, 0.29) is 5.41 Å². The molecule has 0 aliphatic heterocycles. The van der Waals surface area contributed by atoms with E-state index in [9.17, 15) is 0 Å². The Morgan fingerprint density at radius 2 is 1.80 bits per heavy atom. The van der Waals surface area contributed by atoms with Gasteiger partial charge in [-0.3, -0.25) is 0 Å². The van der Waals surface area contributed by atoms with Crippen molar-refractivity contribution in [3.05, 3.63) is 41.6 Å². The Bertz CT molecular complexity index is 603.